The molecule has 3 nitrogen and oxygen atoms in total. The predicted octanol–water partition coefficient (Wildman–Crippen LogP) is 3.68. The molecule has 3 heteroatoms. The lowest BCUT2D eigenvalue weighted by Crippen LogP contribution is -2.36. The number of nitrogens with zero attached hydrogens (tertiary/aromatic N) is 3. The van der Waals surface area contributed by atoms with Crippen molar-refractivity contribution in [1.29, 1.82) is 0 Å². The maximum Gasteiger partial charge on any atom is 0.150 e. The SMILES string of the molecule is CC.Cc1nccnc1N1CCC(C(C)C)CC1. The second-order valence-corrected chi connectivity index (χ2v) is 5.03. The average molecular weight is 249 g/mol. The Morgan fingerprint density at radius 3 is 2.17 bits per heavy atom. The second kappa shape index (κ2) is 7.34. The van der Waals surface area contributed by atoms with Crippen LogP contribution in [0.15, 0.2) is 12.4 Å². The van der Waals surface area contributed by atoms with Crippen LogP contribution in [-0.4, -0.2) is 23.1 Å². The van der Waals surface area contributed by atoms with E-state index >= 15 is 0 Å². The van der Waals surface area contributed by atoms with Gasteiger partial charge in [0.15, 0.2) is 0 Å². The summed E-state index contributed by atoms with van der Waals surface area (Å²) in [6.45, 7) is 12.9. The number of aryl methyl sites for hydroxylation is 1. The lowest BCUT2D eigenvalue weighted by Gasteiger charge is -2.34. The first-order valence-corrected chi connectivity index (χ1v) is 7.21. The highest BCUT2D eigenvalue weighted by atomic mass is 15.2. The summed E-state index contributed by atoms with van der Waals surface area (Å²) < 4.78 is 0. The van der Waals surface area contributed by atoms with E-state index in [1.165, 1.54) is 12.8 Å². The Morgan fingerprint density at radius 2 is 1.67 bits per heavy atom. The summed E-state index contributed by atoms with van der Waals surface area (Å²) >= 11 is 0. The van der Waals surface area contributed by atoms with Gasteiger partial charge in [0.25, 0.3) is 0 Å². The first-order chi connectivity index (χ1) is 8.68. The van der Waals surface area contributed by atoms with Crippen LogP contribution in [0.25, 0.3) is 0 Å². The molecule has 2 heterocycles. The van der Waals surface area contributed by atoms with Crippen LogP contribution < -0.4 is 4.90 Å². The highest BCUT2D eigenvalue weighted by Crippen LogP contribution is 2.27. The van der Waals surface area contributed by atoms with E-state index < -0.39 is 0 Å². The van der Waals surface area contributed by atoms with Crippen LogP contribution in [0.3, 0.4) is 0 Å². The Kier molecular flexibility index (Phi) is 6.10. The molecule has 0 aliphatic carbocycles. The summed E-state index contributed by atoms with van der Waals surface area (Å²) in [6.07, 6.45) is 6.12. The van der Waals surface area contributed by atoms with Crippen LogP contribution in [0.1, 0.15) is 46.2 Å². The predicted molar refractivity (Wildman–Crippen MR) is 77.9 cm³/mol. The molecule has 0 bridgehead atoms. The van der Waals surface area contributed by atoms with Gasteiger partial charge in [0, 0.05) is 25.5 Å². The number of aromatic nitrogens is 2. The molecule has 0 spiro atoms. The summed E-state index contributed by atoms with van der Waals surface area (Å²) in [7, 11) is 0. The first-order valence-electron chi connectivity index (χ1n) is 7.21. The number of anilines is 1. The van der Waals surface area contributed by atoms with Crippen molar-refractivity contribution in [3.05, 3.63) is 18.1 Å². The molecule has 1 aliphatic heterocycles. The van der Waals surface area contributed by atoms with E-state index in [0.29, 0.717) is 0 Å². The molecule has 0 aromatic carbocycles. The fourth-order valence-corrected chi connectivity index (χ4v) is 2.49. The molecule has 0 radical (unpaired) electrons. The maximum absolute atomic E-state index is 4.44. The Bertz CT molecular complexity index is 341. The second-order valence-electron chi connectivity index (χ2n) is 5.03. The molecule has 0 N–H and O–H groups in total. The van der Waals surface area contributed by atoms with Crippen molar-refractivity contribution in [3.8, 4) is 0 Å². The van der Waals surface area contributed by atoms with Gasteiger partial charge in [0.05, 0.1) is 5.69 Å². The van der Waals surface area contributed by atoms with Gasteiger partial charge in [-0.3, -0.25) is 4.98 Å². The highest BCUT2D eigenvalue weighted by molar-refractivity contribution is 5.42. The molecule has 0 amide bonds. The number of piperidine rings is 1. The van der Waals surface area contributed by atoms with Gasteiger partial charge in [0.1, 0.15) is 5.82 Å². The van der Waals surface area contributed by atoms with Crippen molar-refractivity contribution >= 4 is 5.82 Å². The molecule has 0 unspecified atom stereocenters. The number of hydrogen-bond acceptors (Lipinski definition) is 3. The minimum atomic E-state index is 0.810. The van der Waals surface area contributed by atoms with Crippen molar-refractivity contribution < 1.29 is 0 Å². The normalized spacial score (nSPS) is 16.4. The molecule has 0 saturated carbocycles. The maximum atomic E-state index is 4.44. The van der Waals surface area contributed by atoms with Crippen molar-refractivity contribution in [2.24, 2.45) is 11.8 Å². The zero-order chi connectivity index (χ0) is 13.5. The summed E-state index contributed by atoms with van der Waals surface area (Å²) in [5.74, 6) is 2.77. The third-order valence-electron chi connectivity index (χ3n) is 3.64. The average Bonchev–Trinajstić information content (AvgIpc) is 2.42. The van der Waals surface area contributed by atoms with Crippen LogP contribution in [0.2, 0.25) is 0 Å². The smallest absolute Gasteiger partial charge is 0.150 e. The van der Waals surface area contributed by atoms with Gasteiger partial charge in [-0.1, -0.05) is 27.7 Å². The van der Waals surface area contributed by atoms with Crippen LogP contribution in [0, 0.1) is 18.8 Å². The highest BCUT2D eigenvalue weighted by Gasteiger charge is 2.23. The first kappa shape index (κ1) is 14.9. The number of rotatable bonds is 2. The summed E-state index contributed by atoms with van der Waals surface area (Å²) in [5.41, 5.74) is 1.05. The van der Waals surface area contributed by atoms with E-state index in [9.17, 15) is 0 Å². The van der Waals surface area contributed by atoms with Crippen LogP contribution in [0.5, 0.6) is 0 Å². The lowest BCUT2D eigenvalue weighted by atomic mass is 9.87. The molecular weight excluding hydrogens is 222 g/mol. The van der Waals surface area contributed by atoms with Crippen molar-refractivity contribution in [2.45, 2.75) is 47.5 Å². The van der Waals surface area contributed by atoms with Crippen molar-refractivity contribution in [3.63, 3.8) is 0 Å². The van der Waals surface area contributed by atoms with Gasteiger partial charge in [-0.25, -0.2) is 4.98 Å². The van der Waals surface area contributed by atoms with Crippen LogP contribution in [-0.2, 0) is 0 Å². The van der Waals surface area contributed by atoms with Crippen molar-refractivity contribution in [1.82, 2.24) is 9.97 Å². The molecule has 1 fully saturated rings. The van der Waals surface area contributed by atoms with Gasteiger partial charge < -0.3 is 4.90 Å². The Labute approximate surface area is 112 Å². The van der Waals surface area contributed by atoms with Gasteiger partial charge in [-0.15, -0.1) is 0 Å². The summed E-state index contributed by atoms with van der Waals surface area (Å²) in [6, 6.07) is 0. The minimum absolute atomic E-state index is 0.810. The molecule has 18 heavy (non-hydrogen) atoms. The molecule has 1 aromatic heterocycles. The molecule has 1 aliphatic rings. The minimum Gasteiger partial charge on any atom is -0.355 e. The van der Waals surface area contributed by atoms with E-state index in [0.717, 1.165) is 36.4 Å². The molecule has 1 saturated heterocycles. The van der Waals surface area contributed by atoms with Gasteiger partial charge in [-0.05, 0) is 31.6 Å². The number of hydrogen-bond donors (Lipinski definition) is 0. The molecule has 1 aromatic rings. The topological polar surface area (TPSA) is 29.0 Å². The fraction of sp³-hybridized carbons (Fsp3) is 0.733. The Morgan fingerprint density at radius 1 is 1.11 bits per heavy atom. The molecule has 2 rings (SSSR count). The summed E-state index contributed by atoms with van der Waals surface area (Å²) in [5, 5.41) is 0. The molecular formula is C15H27N3. The summed E-state index contributed by atoms with van der Waals surface area (Å²) in [4.78, 5) is 11.1. The van der Waals surface area contributed by atoms with Crippen LogP contribution in [0.4, 0.5) is 5.82 Å². The van der Waals surface area contributed by atoms with Gasteiger partial charge in [-0.2, -0.15) is 0 Å². The van der Waals surface area contributed by atoms with Crippen LogP contribution >= 0.6 is 0 Å². The van der Waals surface area contributed by atoms with E-state index in [-0.39, 0.29) is 0 Å². The quantitative estimate of drug-likeness (QED) is 0.800. The van der Waals surface area contributed by atoms with Crippen molar-refractivity contribution in [2.75, 3.05) is 18.0 Å². The molecule has 102 valence electrons. The van der Waals surface area contributed by atoms with Gasteiger partial charge >= 0.3 is 0 Å². The standard InChI is InChI=1S/C13H21N3.C2H6/c1-10(2)12-4-8-16(9-5-12)13-11(3)14-6-7-15-13;1-2/h6-7,10,12H,4-5,8-9H2,1-3H3;1-2H3. The third-order valence-corrected chi connectivity index (χ3v) is 3.64. The fourth-order valence-electron chi connectivity index (χ4n) is 2.49. The van der Waals surface area contributed by atoms with E-state index in [4.69, 9.17) is 0 Å². The monoisotopic (exact) mass is 249 g/mol. The Hall–Kier alpha value is -1.12. The van der Waals surface area contributed by atoms with Gasteiger partial charge in [0.2, 0.25) is 0 Å². The van der Waals surface area contributed by atoms with E-state index in [1.54, 1.807) is 12.4 Å². The zero-order valence-corrected chi connectivity index (χ0v) is 12.5. The molecule has 0 atom stereocenters. The zero-order valence-electron chi connectivity index (χ0n) is 12.5. The van der Waals surface area contributed by atoms with E-state index in [2.05, 4.69) is 28.7 Å². The Balaban J connectivity index is 0.000000771. The largest absolute Gasteiger partial charge is 0.355 e. The third kappa shape index (κ3) is 3.69. The lowest BCUT2D eigenvalue weighted by molar-refractivity contribution is 0.310. The van der Waals surface area contributed by atoms with E-state index in [1.807, 2.05) is 20.8 Å².